The molecule has 9 heteroatoms. The van der Waals surface area contributed by atoms with Gasteiger partial charge in [0.05, 0.1) is 27.0 Å². The van der Waals surface area contributed by atoms with Crippen LogP contribution in [0.1, 0.15) is 11.1 Å². The van der Waals surface area contributed by atoms with Crippen LogP contribution in [0.25, 0.3) is 33.0 Å². The number of nitro groups is 1. The lowest BCUT2D eigenvalue weighted by atomic mass is 9.95. The van der Waals surface area contributed by atoms with Gasteiger partial charge in [-0.25, -0.2) is 0 Å². The van der Waals surface area contributed by atoms with Crippen LogP contribution in [0.5, 0.6) is 0 Å². The zero-order valence-electron chi connectivity index (χ0n) is 18.1. The van der Waals surface area contributed by atoms with E-state index < -0.39 is 16.7 Å². The fourth-order valence-corrected chi connectivity index (χ4v) is 4.42. The molecule has 2 aromatic carbocycles. The maximum Gasteiger partial charge on any atom is 0.279 e. The van der Waals surface area contributed by atoms with E-state index in [-0.39, 0.29) is 16.8 Å². The molecule has 0 aliphatic carbocycles. The standard InChI is InChI=1S/C24H21N5O4/c1-27(2)10-11-28-13-16(20-18(28)8-5-9-19(20)29(32)33)22-21(23(30)26-24(22)31)15-12-25-17-7-4-3-6-14(15)17/h3-9,12-13,25H,10-11H2,1-2H3,(H,26,30,31). The second-order valence-electron chi connectivity index (χ2n) is 8.25. The van der Waals surface area contributed by atoms with Crippen molar-refractivity contribution in [2.75, 3.05) is 20.6 Å². The van der Waals surface area contributed by atoms with Crippen LogP contribution in [-0.4, -0.2) is 51.8 Å². The van der Waals surface area contributed by atoms with Crippen molar-refractivity contribution in [2.45, 2.75) is 6.54 Å². The zero-order valence-corrected chi connectivity index (χ0v) is 18.1. The number of fused-ring (bicyclic) bond motifs is 2. The number of aromatic nitrogens is 2. The van der Waals surface area contributed by atoms with Gasteiger partial charge in [-0.1, -0.05) is 24.3 Å². The van der Waals surface area contributed by atoms with E-state index in [0.29, 0.717) is 35.1 Å². The topological polar surface area (TPSA) is 113 Å². The summed E-state index contributed by atoms with van der Waals surface area (Å²) in [6.07, 6.45) is 3.43. The maximum atomic E-state index is 13.0. The lowest BCUT2D eigenvalue weighted by Crippen LogP contribution is -2.22. The van der Waals surface area contributed by atoms with E-state index in [9.17, 15) is 19.7 Å². The zero-order chi connectivity index (χ0) is 23.3. The molecule has 0 unspecified atom stereocenters. The maximum absolute atomic E-state index is 13.0. The second-order valence-corrected chi connectivity index (χ2v) is 8.25. The van der Waals surface area contributed by atoms with Crippen LogP contribution in [0.4, 0.5) is 5.69 Å². The summed E-state index contributed by atoms with van der Waals surface area (Å²) < 4.78 is 1.90. The van der Waals surface area contributed by atoms with E-state index in [0.717, 1.165) is 10.9 Å². The minimum Gasteiger partial charge on any atom is -0.361 e. The van der Waals surface area contributed by atoms with Gasteiger partial charge < -0.3 is 14.5 Å². The first kappa shape index (κ1) is 20.7. The van der Waals surface area contributed by atoms with Crippen LogP contribution in [-0.2, 0) is 16.1 Å². The molecule has 1 aliphatic rings. The highest BCUT2D eigenvalue weighted by Gasteiger charge is 2.36. The van der Waals surface area contributed by atoms with Crippen LogP contribution in [0.15, 0.2) is 54.9 Å². The molecule has 2 aromatic heterocycles. The van der Waals surface area contributed by atoms with Crippen molar-refractivity contribution < 1.29 is 14.5 Å². The largest absolute Gasteiger partial charge is 0.361 e. The number of non-ortho nitro benzene ring substituents is 1. The monoisotopic (exact) mass is 443 g/mol. The van der Waals surface area contributed by atoms with Gasteiger partial charge in [0, 0.05) is 53.6 Å². The minimum absolute atomic E-state index is 0.107. The average Bonchev–Trinajstić information content (AvgIpc) is 3.44. The van der Waals surface area contributed by atoms with Crippen molar-refractivity contribution in [3.63, 3.8) is 0 Å². The van der Waals surface area contributed by atoms with Gasteiger partial charge in [-0.3, -0.25) is 25.0 Å². The Labute approximate surface area is 188 Å². The van der Waals surface area contributed by atoms with E-state index >= 15 is 0 Å². The number of aromatic amines is 1. The van der Waals surface area contributed by atoms with Crippen molar-refractivity contribution in [1.82, 2.24) is 19.8 Å². The fraction of sp³-hybridized carbons (Fsp3) is 0.167. The number of nitrogens with one attached hydrogen (secondary N) is 2. The molecule has 2 N–H and O–H groups in total. The van der Waals surface area contributed by atoms with Crippen molar-refractivity contribution in [3.05, 3.63) is 76.1 Å². The molecule has 5 rings (SSSR count). The first-order valence-corrected chi connectivity index (χ1v) is 10.4. The van der Waals surface area contributed by atoms with Gasteiger partial charge in [-0.2, -0.15) is 0 Å². The Morgan fingerprint density at radius 1 is 1.00 bits per heavy atom. The number of hydrogen-bond acceptors (Lipinski definition) is 5. The number of nitrogens with zero attached hydrogens (tertiary/aromatic N) is 3. The molecule has 166 valence electrons. The molecule has 1 aliphatic heterocycles. The molecule has 0 saturated carbocycles. The average molecular weight is 443 g/mol. The number of H-pyrrole nitrogens is 1. The van der Waals surface area contributed by atoms with E-state index in [1.54, 1.807) is 24.5 Å². The smallest absolute Gasteiger partial charge is 0.279 e. The Balaban J connectivity index is 1.83. The van der Waals surface area contributed by atoms with Crippen LogP contribution in [0.2, 0.25) is 0 Å². The highest BCUT2D eigenvalue weighted by Crippen LogP contribution is 2.41. The summed E-state index contributed by atoms with van der Waals surface area (Å²) in [5.41, 5.74) is 2.67. The summed E-state index contributed by atoms with van der Waals surface area (Å²) in [6.45, 7) is 1.27. The number of nitro benzene ring substituents is 1. The van der Waals surface area contributed by atoms with Crippen molar-refractivity contribution in [1.29, 1.82) is 0 Å². The van der Waals surface area contributed by atoms with E-state index in [2.05, 4.69) is 10.3 Å². The first-order chi connectivity index (χ1) is 15.9. The molecule has 0 atom stereocenters. The fourth-order valence-electron chi connectivity index (χ4n) is 4.42. The van der Waals surface area contributed by atoms with Crippen LogP contribution in [0.3, 0.4) is 0 Å². The third kappa shape index (κ3) is 3.30. The summed E-state index contributed by atoms with van der Waals surface area (Å²) in [7, 11) is 3.88. The third-order valence-corrected chi connectivity index (χ3v) is 5.93. The van der Waals surface area contributed by atoms with Crippen LogP contribution < -0.4 is 5.32 Å². The minimum atomic E-state index is -0.565. The second kappa shape index (κ2) is 7.72. The highest BCUT2D eigenvalue weighted by molar-refractivity contribution is 6.51. The predicted molar refractivity (Wildman–Crippen MR) is 125 cm³/mol. The molecule has 3 heterocycles. The molecular formula is C24H21N5O4. The van der Waals surface area contributed by atoms with Crippen molar-refractivity contribution in [2.24, 2.45) is 0 Å². The Bertz CT molecular complexity index is 1490. The number of carbonyl (C=O) groups excluding carboxylic acids is 2. The molecule has 0 saturated heterocycles. The molecule has 33 heavy (non-hydrogen) atoms. The number of hydrogen-bond donors (Lipinski definition) is 2. The Morgan fingerprint density at radius 2 is 1.73 bits per heavy atom. The molecule has 0 fully saturated rings. The Hall–Kier alpha value is -4.24. The van der Waals surface area contributed by atoms with Crippen LogP contribution >= 0.6 is 0 Å². The van der Waals surface area contributed by atoms with Gasteiger partial charge in [0.25, 0.3) is 17.5 Å². The number of rotatable bonds is 6. The lowest BCUT2D eigenvalue weighted by Gasteiger charge is -2.11. The number of benzene rings is 2. The molecule has 9 nitrogen and oxygen atoms in total. The van der Waals surface area contributed by atoms with Gasteiger partial charge in [0.1, 0.15) is 0 Å². The molecule has 0 radical (unpaired) electrons. The van der Waals surface area contributed by atoms with Gasteiger partial charge in [-0.15, -0.1) is 0 Å². The van der Waals surface area contributed by atoms with Gasteiger partial charge in [0.15, 0.2) is 0 Å². The van der Waals surface area contributed by atoms with Gasteiger partial charge in [-0.05, 0) is 26.2 Å². The first-order valence-electron chi connectivity index (χ1n) is 10.4. The lowest BCUT2D eigenvalue weighted by molar-refractivity contribution is -0.383. The Kier molecular flexibility index (Phi) is 4.83. The SMILES string of the molecule is CN(C)CCn1cc(C2=C(c3c[nH]c4ccccc34)C(=O)NC2=O)c2c([N+](=O)[O-])cccc21. The third-order valence-electron chi connectivity index (χ3n) is 5.93. The van der Waals surface area contributed by atoms with E-state index in [1.807, 2.05) is 47.8 Å². The molecule has 4 aromatic rings. The summed E-state index contributed by atoms with van der Waals surface area (Å²) in [5, 5.41) is 15.4. The van der Waals surface area contributed by atoms with E-state index in [4.69, 9.17) is 0 Å². The van der Waals surface area contributed by atoms with Gasteiger partial charge >= 0.3 is 0 Å². The number of para-hydroxylation sites is 1. The number of likely N-dealkylation sites (N-methyl/N-ethyl adjacent to an activating group) is 1. The number of imide groups is 1. The van der Waals surface area contributed by atoms with Crippen LogP contribution in [0, 0.1) is 10.1 Å². The predicted octanol–water partition coefficient (Wildman–Crippen LogP) is 3.16. The molecule has 0 bridgehead atoms. The number of amides is 2. The summed E-state index contributed by atoms with van der Waals surface area (Å²) >= 11 is 0. The summed E-state index contributed by atoms with van der Waals surface area (Å²) in [6, 6.07) is 12.3. The highest BCUT2D eigenvalue weighted by atomic mass is 16.6. The summed E-state index contributed by atoms with van der Waals surface area (Å²) in [5.74, 6) is -1.09. The van der Waals surface area contributed by atoms with E-state index in [1.165, 1.54) is 6.07 Å². The number of carbonyl (C=O) groups is 2. The summed E-state index contributed by atoms with van der Waals surface area (Å²) in [4.78, 5) is 42.5. The van der Waals surface area contributed by atoms with Crippen molar-refractivity contribution in [3.8, 4) is 0 Å². The molecule has 0 spiro atoms. The Morgan fingerprint density at radius 3 is 2.45 bits per heavy atom. The molecule has 2 amide bonds. The quantitative estimate of drug-likeness (QED) is 0.270. The molecular weight excluding hydrogens is 422 g/mol. The van der Waals surface area contributed by atoms with Crippen molar-refractivity contribution >= 4 is 50.5 Å². The normalized spacial score (nSPS) is 14.2. The van der Waals surface area contributed by atoms with Gasteiger partial charge in [0.2, 0.25) is 0 Å².